The summed E-state index contributed by atoms with van der Waals surface area (Å²) >= 11 is 0. The van der Waals surface area contributed by atoms with Crippen LogP contribution in [0.2, 0.25) is 0 Å². The lowest BCUT2D eigenvalue weighted by atomic mass is 9.83. The van der Waals surface area contributed by atoms with Gasteiger partial charge in [-0.25, -0.2) is 0 Å². The highest BCUT2D eigenvalue weighted by Crippen LogP contribution is 2.42. The number of ether oxygens (including phenoxy) is 1. The summed E-state index contributed by atoms with van der Waals surface area (Å²) in [5.41, 5.74) is 2.30. The van der Waals surface area contributed by atoms with Crippen LogP contribution in [-0.2, 0) is 4.74 Å². The Kier molecular flexibility index (Phi) is 3.73. The van der Waals surface area contributed by atoms with Gasteiger partial charge in [-0.15, -0.1) is 5.10 Å². The van der Waals surface area contributed by atoms with Crippen molar-refractivity contribution >= 4 is 5.82 Å². The molecule has 2 aromatic rings. The van der Waals surface area contributed by atoms with Crippen LogP contribution in [0, 0.1) is 6.92 Å². The summed E-state index contributed by atoms with van der Waals surface area (Å²) in [4.78, 5) is 6.56. The largest absolute Gasteiger partial charge is 0.374 e. The summed E-state index contributed by atoms with van der Waals surface area (Å²) in [7, 11) is 0. The fourth-order valence-corrected chi connectivity index (χ4v) is 3.73. The molecule has 2 aliphatic rings. The van der Waals surface area contributed by atoms with Gasteiger partial charge in [0.2, 0.25) is 0 Å². The monoisotopic (exact) mass is 310 g/mol. The van der Waals surface area contributed by atoms with Crippen molar-refractivity contribution in [2.75, 3.05) is 24.6 Å². The van der Waals surface area contributed by atoms with Crippen LogP contribution < -0.4 is 4.90 Å². The van der Waals surface area contributed by atoms with Gasteiger partial charge in [0.05, 0.1) is 17.9 Å². The lowest BCUT2D eigenvalue weighted by Gasteiger charge is -2.39. The van der Waals surface area contributed by atoms with Gasteiger partial charge in [-0.05, 0) is 49.9 Å². The van der Waals surface area contributed by atoms with Gasteiger partial charge >= 0.3 is 0 Å². The van der Waals surface area contributed by atoms with E-state index >= 15 is 0 Å². The Labute approximate surface area is 136 Å². The molecule has 1 unspecified atom stereocenters. The highest BCUT2D eigenvalue weighted by Gasteiger charge is 2.43. The Bertz CT molecular complexity index is 650. The number of rotatable bonds is 2. The van der Waals surface area contributed by atoms with E-state index < -0.39 is 0 Å². The zero-order valence-corrected chi connectivity index (χ0v) is 13.5. The van der Waals surface area contributed by atoms with E-state index in [-0.39, 0.29) is 5.60 Å². The van der Waals surface area contributed by atoms with E-state index in [0.29, 0.717) is 5.92 Å². The standard InChI is InChI=1S/C18H22N4O/c1-14-4-5-17(21-20-14)22-9-6-18(7-10-22)11-16(13-23-18)15-3-2-8-19-12-15/h2-5,8,12,16H,6-7,9-11,13H2,1H3. The maximum absolute atomic E-state index is 6.26. The average Bonchev–Trinajstić information content (AvgIpc) is 3.01. The predicted molar refractivity (Wildman–Crippen MR) is 88.5 cm³/mol. The van der Waals surface area contributed by atoms with Gasteiger partial charge in [0, 0.05) is 31.4 Å². The second kappa shape index (κ2) is 5.89. The van der Waals surface area contributed by atoms with Gasteiger partial charge in [0.15, 0.2) is 5.82 Å². The van der Waals surface area contributed by atoms with Gasteiger partial charge in [-0.3, -0.25) is 4.98 Å². The van der Waals surface area contributed by atoms with Crippen LogP contribution in [0.1, 0.15) is 36.4 Å². The van der Waals surface area contributed by atoms with Crippen molar-refractivity contribution in [1.82, 2.24) is 15.2 Å². The third kappa shape index (κ3) is 2.93. The van der Waals surface area contributed by atoms with Crippen LogP contribution >= 0.6 is 0 Å². The summed E-state index contributed by atoms with van der Waals surface area (Å²) in [5.74, 6) is 1.46. The fraction of sp³-hybridized carbons (Fsp3) is 0.500. The first-order valence-corrected chi connectivity index (χ1v) is 8.33. The molecule has 120 valence electrons. The maximum atomic E-state index is 6.26. The Morgan fingerprint density at radius 3 is 2.74 bits per heavy atom. The molecule has 0 bridgehead atoms. The van der Waals surface area contributed by atoms with Gasteiger partial charge in [0.25, 0.3) is 0 Å². The molecule has 2 fully saturated rings. The number of pyridine rings is 1. The fourth-order valence-electron chi connectivity index (χ4n) is 3.73. The van der Waals surface area contributed by atoms with Gasteiger partial charge in [-0.2, -0.15) is 5.10 Å². The van der Waals surface area contributed by atoms with E-state index in [1.165, 1.54) is 5.56 Å². The second-order valence-corrected chi connectivity index (χ2v) is 6.70. The molecule has 0 amide bonds. The Balaban J connectivity index is 1.40. The lowest BCUT2D eigenvalue weighted by molar-refractivity contribution is -0.0149. The highest BCUT2D eigenvalue weighted by molar-refractivity contribution is 5.38. The summed E-state index contributed by atoms with van der Waals surface area (Å²) < 4.78 is 6.26. The number of piperidine rings is 1. The van der Waals surface area contributed by atoms with E-state index in [9.17, 15) is 0 Å². The first kappa shape index (κ1) is 14.6. The summed E-state index contributed by atoms with van der Waals surface area (Å²) in [6.07, 6.45) is 7.02. The topological polar surface area (TPSA) is 51.1 Å². The Morgan fingerprint density at radius 1 is 1.17 bits per heavy atom. The molecule has 0 aliphatic carbocycles. The van der Waals surface area contributed by atoms with Crippen LogP contribution in [0.15, 0.2) is 36.7 Å². The van der Waals surface area contributed by atoms with E-state index in [4.69, 9.17) is 4.74 Å². The van der Waals surface area contributed by atoms with Crippen molar-refractivity contribution in [2.24, 2.45) is 0 Å². The molecule has 0 aromatic carbocycles. The van der Waals surface area contributed by atoms with Gasteiger partial charge in [0.1, 0.15) is 0 Å². The number of aromatic nitrogens is 3. The number of hydrogen-bond acceptors (Lipinski definition) is 5. The van der Waals surface area contributed by atoms with Crippen molar-refractivity contribution < 1.29 is 4.74 Å². The predicted octanol–water partition coefficient (Wildman–Crippen LogP) is 2.72. The van der Waals surface area contributed by atoms with E-state index in [2.05, 4.69) is 32.2 Å². The number of anilines is 1. The molecule has 0 N–H and O–H groups in total. The number of hydrogen-bond donors (Lipinski definition) is 0. The minimum atomic E-state index is 0.0368. The van der Waals surface area contributed by atoms with E-state index in [0.717, 1.165) is 50.5 Å². The molecule has 23 heavy (non-hydrogen) atoms. The average molecular weight is 310 g/mol. The molecule has 5 nitrogen and oxygen atoms in total. The van der Waals surface area contributed by atoms with Gasteiger partial charge in [-0.1, -0.05) is 6.07 Å². The van der Waals surface area contributed by atoms with Crippen molar-refractivity contribution in [3.63, 3.8) is 0 Å². The van der Waals surface area contributed by atoms with Crippen molar-refractivity contribution in [3.8, 4) is 0 Å². The molecule has 0 radical (unpaired) electrons. The van der Waals surface area contributed by atoms with Crippen LogP contribution in [0.4, 0.5) is 5.82 Å². The van der Waals surface area contributed by atoms with Crippen molar-refractivity contribution in [3.05, 3.63) is 47.9 Å². The Morgan fingerprint density at radius 2 is 2.04 bits per heavy atom. The summed E-state index contributed by atoms with van der Waals surface area (Å²) in [6, 6.07) is 8.27. The zero-order valence-electron chi connectivity index (χ0n) is 13.5. The van der Waals surface area contributed by atoms with E-state index in [1.54, 1.807) is 0 Å². The Hall–Kier alpha value is -2.01. The summed E-state index contributed by atoms with van der Waals surface area (Å²) in [5, 5.41) is 8.47. The van der Waals surface area contributed by atoms with Crippen LogP contribution in [-0.4, -0.2) is 40.5 Å². The molecule has 2 saturated heterocycles. The molecular formula is C18H22N4O. The molecule has 1 spiro atoms. The minimum absolute atomic E-state index is 0.0368. The maximum Gasteiger partial charge on any atom is 0.151 e. The summed E-state index contributed by atoms with van der Waals surface area (Å²) in [6.45, 7) is 4.75. The smallest absolute Gasteiger partial charge is 0.151 e. The third-order valence-corrected chi connectivity index (χ3v) is 5.15. The highest BCUT2D eigenvalue weighted by atomic mass is 16.5. The molecule has 5 heteroatoms. The van der Waals surface area contributed by atoms with Crippen LogP contribution in [0.25, 0.3) is 0 Å². The number of nitrogens with zero attached hydrogens (tertiary/aromatic N) is 4. The molecular weight excluding hydrogens is 288 g/mol. The van der Waals surface area contributed by atoms with Crippen LogP contribution in [0.3, 0.4) is 0 Å². The molecule has 2 aliphatic heterocycles. The van der Waals surface area contributed by atoms with Gasteiger partial charge < -0.3 is 9.64 Å². The minimum Gasteiger partial charge on any atom is -0.374 e. The molecule has 4 heterocycles. The molecule has 1 atom stereocenters. The van der Waals surface area contributed by atoms with Crippen LogP contribution in [0.5, 0.6) is 0 Å². The SMILES string of the molecule is Cc1ccc(N2CCC3(CC2)CC(c2cccnc2)CO3)nn1. The zero-order chi connectivity index (χ0) is 15.7. The normalized spacial score (nSPS) is 23.3. The molecule has 4 rings (SSSR count). The first-order valence-electron chi connectivity index (χ1n) is 8.33. The molecule has 2 aromatic heterocycles. The lowest BCUT2D eigenvalue weighted by Crippen LogP contribution is -2.44. The third-order valence-electron chi connectivity index (χ3n) is 5.15. The molecule has 0 saturated carbocycles. The number of aryl methyl sites for hydroxylation is 1. The van der Waals surface area contributed by atoms with E-state index in [1.807, 2.05) is 31.5 Å². The van der Waals surface area contributed by atoms with Crippen molar-refractivity contribution in [2.45, 2.75) is 37.7 Å². The van der Waals surface area contributed by atoms with Crippen molar-refractivity contribution in [1.29, 1.82) is 0 Å². The quantitative estimate of drug-likeness (QED) is 0.853. The second-order valence-electron chi connectivity index (χ2n) is 6.70. The first-order chi connectivity index (χ1) is 11.2.